The van der Waals surface area contributed by atoms with E-state index in [1.54, 1.807) is 19.1 Å². The van der Waals surface area contributed by atoms with Crippen molar-refractivity contribution in [1.82, 2.24) is 4.98 Å². The molecule has 0 saturated carbocycles. The summed E-state index contributed by atoms with van der Waals surface area (Å²) in [6, 6.07) is 4.52. The van der Waals surface area contributed by atoms with Crippen molar-refractivity contribution in [2.24, 2.45) is 0 Å². The van der Waals surface area contributed by atoms with E-state index in [9.17, 15) is 9.18 Å². The van der Waals surface area contributed by atoms with Gasteiger partial charge in [-0.05, 0) is 19.1 Å². The molecule has 1 aromatic carbocycles. The highest BCUT2D eigenvalue weighted by Crippen LogP contribution is 2.26. The molecule has 2 aromatic rings. The average Bonchev–Trinajstić information content (AvgIpc) is 2.17. The van der Waals surface area contributed by atoms with Crippen LogP contribution in [0.3, 0.4) is 0 Å². The van der Waals surface area contributed by atoms with Gasteiger partial charge in [0.05, 0.1) is 27.8 Å². The largest absolute Gasteiger partial charge is 0.397 e. The summed E-state index contributed by atoms with van der Waals surface area (Å²) in [5, 5.41) is 0.213. The third-order valence-corrected chi connectivity index (χ3v) is 2.35. The molecule has 1 heterocycles. The lowest BCUT2D eigenvalue weighted by Crippen LogP contribution is -2.01. The lowest BCUT2D eigenvalue weighted by atomic mass is 10.1. The summed E-state index contributed by atoms with van der Waals surface area (Å²) in [6.45, 7) is 1.67. The molecule has 0 aliphatic carbocycles. The molecule has 0 aliphatic heterocycles. The van der Waals surface area contributed by atoms with Crippen LogP contribution in [0, 0.1) is 12.7 Å². The van der Waals surface area contributed by atoms with Gasteiger partial charge in [-0.2, -0.15) is 0 Å². The number of hydrogen-bond acceptors (Lipinski definition) is 3. The van der Waals surface area contributed by atoms with E-state index >= 15 is 0 Å². The number of benzene rings is 1. The van der Waals surface area contributed by atoms with Gasteiger partial charge in [0, 0.05) is 0 Å². The van der Waals surface area contributed by atoms with Crippen LogP contribution in [0.4, 0.5) is 10.1 Å². The molecular weight excluding hydrogens is 195 g/mol. The van der Waals surface area contributed by atoms with Gasteiger partial charge in [-0.3, -0.25) is 9.78 Å². The highest BCUT2D eigenvalue weighted by Gasteiger charge is 2.12. The van der Waals surface area contributed by atoms with E-state index in [0.29, 0.717) is 17.5 Å². The Balaban J connectivity index is 2.98. The van der Waals surface area contributed by atoms with E-state index < -0.39 is 5.82 Å². The first-order valence-corrected chi connectivity index (χ1v) is 4.44. The van der Waals surface area contributed by atoms with Crippen LogP contribution in [0.15, 0.2) is 18.2 Å². The SMILES string of the molecule is Cc1nc2cccc(F)c2c(N)c1C=O. The zero-order valence-electron chi connectivity index (χ0n) is 8.12. The summed E-state index contributed by atoms with van der Waals surface area (Å²) >= 11 is 0. The fourth-order valence-electron chi connectivity index (χ4n) is 1.59. The Morgan fingerprint density at radius 2 is 2.20 bits per heavy atom. The topological polar surface area (TPSA) is 56.0 Å². The number of aryl methyl sites for hydroxylation is 1. The number of rotatable bonds is 1. The second-order valence-electron chi connectivity index (χ2n) is 3.28. The van der Waals surface area contributed by atoms with Crippen LogP contribution in [0.25, 0.3) is 10.9 Å². The van der Waals surface area contributed by atoms with Crippen molar-refractivity contribution in [3.8, 4) is 0 Å². The summed E-state index contributed by atoms with van der Waals surface area (Å²) < 4.78 is 13.5. The summed E-state index contributed by atoms with van der Waals surface area (Å²) in [6.07, 6.45) is 0.601. The van der Waals surface area contributed by atoms with Crippen LogP contribution in [-0.4, -0.2) is 11.3 Å². The molecule has 3 nitrogen and oxygen atoms in total. The lowest BCUT2D eigenvalue weighted by molar-refractivity contribution is 0.112. The minimum absolute atomic E-state index is 0.158. The number of nitrogens with zero attached hydrogens (tertiary/aromatic N) is 1. The van der Waals surface area contributed by atoms with Gasteiger partial charge < -0.3 is 5.73 Å². The molecule has 0 bridgehead atoms. The minimum Gasteiger partial charge on any atom is -0.397 e. The summed E-state index contributed by atoms with van der Waals surface area (Å²) in [7, 11) is 0. The molecule has 2 rings (SSSR count). The molecule has 0 spiro atoms. The van der Waals surface area contributed by atoms with Crippen molar-refractivity contribution in [3.05, 3.63) is 35.3 Å². The van der Waals surface area contributed by atoms with Gasteiger partial charge in [-0.1, -0.05) is 6.07 Å². The Hall–Kier alpha value is -1.97. The quantitative estimate of drug-likeness (QED) is 0.723. The number of fused-ring (bicyclic) bond motifs is 1. The summed E-state index contributed by atoms with van der Waals surface area (Å²) in [5.74, 6) is -0.458. The van der Waals surface area contributed by atoms with Gasteiger partial charge >= 0.3 is 0 Å². The lowest BCUT2D eigenvalue weighted by Gasteiger charge is -2.07. The van der Waals surface area contributed by atoms with E-state index in [1.807, 2.05) is 0 Å². The van der Waals surface area contributed by atoms with Crippen LogP contribution < -0.4 is 5.73 Å². The number of anilines is 1. The van der Waals surface area contributed by atoms with Crippen molar-refractivity contribution in [2.45, 2.75) is 6.92 Å². The van der Waals surface area contributed by atoms with Gasteiger partial charge in [0.15, 0.2) is 6.29 Å². The van der Waals surface area contributed by atoms with Crippen molar-refractivity contribution >= 4 is 22.9 Å². The van der Waals surface area contributed by atoms with Crippen LogP contribution in [0.2, 0.25) is 0 Å². The molecule has 1 aromatic heterocycles. The average molecular weight is 204 g/mol. The normalized spacial score (nSPS) is 10.5. The highest BCUT2D eigenvalue weighted by molar-refractivity contribution is 6.00. The van der Waals surface area contributed by atoms with E-state index in [-0.39, 0.29) is 16.6 Å². The molecule has 0 saturated heterocycles. The molecule has 0 fully saturated rings. The van der Waals surface area contributed by atoms with Crippen molar-refractivity contribution in [3.63, 3.8) is 0 Å². The maximum Gasteiger partial charge on any atom is 0.153 e. The zero-order chi connectivity index (χ0) is 11.0. The first kappa shape index (κ1) is 9.58. The molecule has 4 heteroatoms. The van der Waals surface area contributed by atoms with Gasteiger partial charge in [-0.25, -0.2) is 4.39 Å². The summed E-state index contributed by atoms with van der Waals surface area (Å²) in [4.78, 5) is 14.9. The third-order valence-electron chi connectivity index (χ3n) is 2.35. The number of carbonyl (C=O) groups is 1. The number of aldehydes is 1. The Bertz CT molecular complexity index is 552. The molecule has 0 atom stereocenters. The second kappa shape index (κ2) is 3.31. The van der Waals surface area contributed by atoms with E-state index in [2.05, 4.69) is 4.98 Å². The fourth-order valence-corrected chi connectivity index (χ4v) is 1.59. The number of halogens is 1. The first-order chi connectivity index (χ1) is 7.15. The van der Waals surface area contributed by atoms with Gasteiger partial charge in [-0.15, -0.1) is 0 Å². The van der Waals surface area contributed by atoms with Gasteiger partial charge in [0.2, 0.25) is 0 Å². The Kier molecular flexibility index (Phi) is 2.11. The second-order valence-corrected chi connectivity index (χ2v) is 3.28. The van der Waals surface area contributed by atoms with Crippen molar-refractivity contribution in [2.75, 3.05) is 5.73 Å². The van der Waals surface area contributed by atoms with Crippen LogP contribution in [-0.2, 0) is 0 Å². The molecule has 76 valence electrons. The maximum absolute atomic E-state index is 13.5. The van der Waals surface area contributed by atoms with Crippen molar-refractivity contribution < 1.29 is 9.18 Å². The van der Waals surface area contributed by atoms with E-state index in [1.165, 1.54) is 6.07 Å². The van der Waals surface area contributed by atoms with Crippen LogP contribution >= 0.6 is 0 Å². The minimum atomic E-state index is -0.458. The zero-order valence-corrected chi connectivity index (χ0v) is 8.12. The monoisotopic (exact) mass is 204 g/mol. The first-order valence-electron chi connectivity index (χ1n) is 4.44. The highest BCUT2D eigenvalue weighted by atomic mass is 19.1. The number of pyridine rings is 1. The number of nitrogens with two attached hydrogens (primary N) is 1. The third kappa shape index (κ3) is 1.34. The Labute approximate surface area is 85.7 Å². The molecule has 0 amide bonds. The summed E-state index contributed by atoms with van der Waals surface area (Å²) in [5.41, 5.74) is 7.12. The Morgan fingerprint density at radius 3 is 2.87 bits per heavy atom. The predicted octanol–water partition coefficient (Wildman–Crippen LogP) is 2.08. The maximum atomic E-state index is 13.5. The van der Waals surface area contributed by atoms with Crippen LogP contribution in [0.1, 0.15) is 16.1 Å². The number of hydrogen-bond donors (Lipinski definition) is 1. The molecule has 0 unspecified atom stereocenters. The smallest absolute Gasteiger partial charge is 0.153 e. The predicted molar refractivity (Wildman–Crippen MR) is 56.2 cm³/mol. The van der Waals surface area contributed by atoms with Crippen LogP contribution in [0.5, 0.6) is 0 Å². The van der Waals surface area contributed by atoms with Crippen molar-refractivity contribution in [1.29, 1.82) is 0 Å². The number of carbonyl (C=O) groups excluding carboxylic acids is 1. The van der Waals surface area contributed by atoms with E-state index in [4.69, 9.17) is 5.73 Å². The Morgan fingerprint density at radius 1 is 1.47 bits per heavy atom. The fraction of sp³-hybridized carbons (Fsp3) is 0.0909. The standard InChI is InChI=1S/C11H9FN2O/c1-6-7(5-15)11(13)10-8(12)3-2-4-9(10)14-6/h2-5H,1H3,(H2,13,14). The molecule has 0 aliphatic rings. The number of nitrogen functional groups attached to an aromatic ring is 1. The number of aromatic nitrogens is 1. The van der Waals surface area contributed by atoms with E-state index in [0.717, 1.165) is 0 Å². The van der Waals surface area contributed by atoms with Gasteiger partial charge in [0.1, 0.15) is 5.82 Å². The molecule has 15 heavy (non-hydrogen) atoms. The molecule has 0 radical (unpaired) electrons. The van der Waals surface area contributed by atoms with Gasteiger partial charge in [0.25, 0.3) is 0 Å². The molecule has 2 N–H and O–H groups in total. The molecular formula is C11H9FN2O.